The Kier molecular flexibility index (Phi) is 23.6. The van der Waals surface area contributed by atoms with Gasteiger partial charge in [0.25, 0.3) is 0 Å². The van der Waals surface area contributed by atoms with Crippen molar-refractivity contribution in [3.05, 3.63) is 36.5 Å². The molecule has 3 fully saturated rings. The third-order valence-electron chi connectivity index (χ3n) is 10.5. The molecule has 0 aromatic heterocycles. The molecule has 3 heterocycles. The van der Waals surface area contributed by atoms with Crippen LogP contribution < -0.4 is 5.32 Å². The van der Waals surface area contributed by atoms with E-state index in [1.807, 2.05) is 0 Å². The van der Waals surface area contributed by atoms with Crippen molar-refractivity contribution in [2.45, 2.75) is 182 Å². The van der Waals surface area contributed by atoms with E-state index in [9.17, 15) is 61.0 Å². The van der Waals surface area contributed by atoms with E-state index in [4.69, 9.17) is 28.4 Å². The normalized spacial score (nSPS) is 36.7. The number of allylic oxidation sites excluding steroid dienone is 5. The first-order valence-electron chi connectivity index (χ1n) is 20.7. The van der Waals surface area contributed by atoms with Crippen LogP contribution in [0, 0.1) is 0 Å². The number of hydrogen-bond donors (Lipinski definition) is 12. The first-order valence-corrected chi connectivity index (χ1v) is 20.7. The van der Waals surface area contributed by atoms with Crippen LogP contribution in [0.3, 0.4) is 0 Å². The molecular weight excluding hydrogens is 782 g/mol. The van der Waals surface area contributed by atoms with Gasteiger partial charge in [-0.25, -0.2) is 0 Å². The Hall–Kier alpha value is -1.99. The quantitative estimate of drug-likeness (QED) is 0.0346. The summed E-state index contributed by atoms with van der Waals surface area (Å²) in [5, 5.41) is 117. The molecule has 1 amide bonds. The average molecular weight is 852 g/mol. The molecule has 3 rings (SSSR count). The summed E-state index contributed by atoms with van der Waals surface area (Å²) in [5.41, 5.74) is 0. The van der Waals surface area contributed by atoms with Gasteiger partial charge in [-0.15, -0.1) is 0 Å². The number of unbranched alkanes of at least 4 members (excludes halogenated alkanes) is 7. The van der Waals surface area contributed by atoms with Crippen LogP contribution >= 0.6 is 0 Å². The van der Waals surface area contributed by atoms with Gasteiger partial charge in [0.05, 0.1) is 38.6 Å². The molecule has 342 valence electrons. The van der Waals surface area contributed by atoms with Crippen molar-refractivity contribution in [2.24, 2.45) is 0 Å². The molecule has 59 heavy (non-hydrogen) atoms. The number of carbonyl (C=O) groups is 1. The predicted octanol–water partition coefficient (Wildman–Crippen LogP) is -2.09. The Bertz CT molecular complexity index is 1250. The summed E-state index contributed by atoms with van der Waals surface area (Å²) < 4.78 is 33.5. The lowest BCUT2D eigenvalue weighted by Crippen LogP contribution is -2.66. The van der Waals surface area contributed by atoms with E-state index in [1.165, 1.54) is 45.1 Å². The van der Waals surface area contributed by atoms with Gasteiger partial charge in [-0.3, -0.25) is 4.79 Å². The van der Waals surface area contributed by atoms with E-state index in [0.717, 1.165) is 25.7 Å². The zero-order chi connectivity index (χ0) is 43.5. The highest BCUT2D eigenvalue weighted by Crippen LogP contribution is 2.32. The second-order valence-electron chi connectivity index (χ2n) is 15.2. The van der Waals surface area contributed by atoms with Gasteiger partial charge in [0, 0.05) is 6.92 Å². The molecule has 12 N–H and O–H groups in total. The molecular formula is C40H69NO18. The van der Waals surface area contributed by atoms with Crippen LogP contribution in [0.4, 0.5) is 0 Å². The number of carbonyl (C=O) groups excluding carboxylic acids is 1. The molecule has 0 aromatic rings. The van der Waals surface area contributed by atoms with Crippen molar-refractivity contribution in [1.29, 1.82) is 0 Å². The number of nitrogens with one attached hydrogen (secondary N) is 1. The molecule has 0 spiro atoms. The molecule has 19 nitrogen and oxygen atoms in total. The number of rotatable bonds is 25. The molecule has 19 heteroatoms. The molecule has 0 aromatic carbocycles. The topological polar surface area (TPSA) is 307 Å². The smallest absolute Gasteiger partial charge is 0.217 e. The standard InChI is InChI=1S/C40H69NO18/c1-3-4-5-6-7-8-9-10-11-12-13-14-15-16-17-18-25(46)24(41-23(2)45)22-54-38-34(52)31(49)36(27(20-43)56-38)59-40-35(53)32(50)37(28(21-44)57-40)58-39-33(51)30(48)29(47)26(19-42)55-39/h9-10,13-14,17-18,24-40,42-44,46-53H,3-8,11-12,15-16,19-22H2,1-2H3,(H,41,45)/b10-9+,14-13+,18-17+. The Balaban J connectivity index is 1.51. The molecule has 0 aliphatic carbocycles. The minimum atomic E-state index is -1.98. The molecule has 3 aliphatic rings. The van der Waals surface area contributed by atoms with Crippen molar-refractivity contribution in [2.75, 3.05) is 26.4 Å². The first kappa shape index (κ1) is 51.4. The van der Waals surface area contributed by atoms with Crippen molar-refractivity contribution in [3.8, 4) is 0 Å². The van der Waals surface area contributed by atoms with Crippen molar-refractivity contribution in [1.82, 2.24) is 5.32 Å². The Morgan fingerprint density at radius 3 is 1.58 bits per heavy atom. The average Bonchev–Trinajstić information content (AvgIpc) is 3.22. The third kappa shape index (κ3) is 15.7. The summed E-state index contributed by atoms with van der Waals surface area (Å²) in [7, 11) is 0. The number of aliphatic hydroxyl groups excluding tert-OH is 11. The molecule has 3 aliphatic heterocycles. The van der Waals surface area contributed by atoms with Crippen LogP contribution in [0.15, 0.2) is 36.5 Å². The summed E-state index contributed by atoms with van der Waals surface area (Å²) in [6.45, 7) is 0.637. The second kappa shape index (κ2) is 27.2. The lowest BCUT2D eigenvalue weighted by Gasteiger charge is -2.48. The zero-order valence-electron chi connectivity index (χ0n) is 34.0. The third-order valence-corrected chi connectivity index (χ3v) is 10.5. The lowest BCUT2D eigenvalue weighted by atomic mass is 9.96. The van der Waals surface area contributed by atoms with Crippen molar-refractivity contribution >= 4 is 5.91 Å². The first-order chi connectivity index (χ1) is 28.3. The van der Waals surface area contributed by atoms with Crippen molar-refractivity contribution in [3.63, 3.8) is 0 Å². The van der Waals surface area contributed by atoms with Crippen LogP contribution in [0.1, 0.15) is 78.1 Å². The van der Waals surface area contributed by atoms with Crippen LogP contribution in [0.25, 0.3) is 0 Å². The maximum Gasteiger partial charge on any atom is 0.217 e. The largest absolute Gasteiger partial charge is 0.394 e. The molecule has 0 saturated carbocycles. The molecule has 3 saturated heterocycles. The van der Waals surface area contributed by atoms with E-state index in [1.54, 1.807) is 6.08 Å². The van der Waals surface area contributed by atoms with Crippen LogP contribution in [-0.2, 0) is 33.2 Å². The Labute approximate surface area is 345 Å². The van der Waals surface area contributed by atoms with E-state index < -0.39 is 130 Å². The molecule has 17 unspecified atom stereocenters. The Morgan fingerprint density at radius 1 is 0.593 bits per heavy atom. The highest BCUT2D eigenvalue weighted by molar-refractivity contribution is 5.73. The molecule has 17 atom stereocenters. The summed E-state index contributed by atoms with van der Waals surface area (Å²) in [6.07, 6.45) is -4.19. The number of amides is 1. The summed E-state index contributed by atoms with van der Waals surface area (Å²) in [4.78, 5) is 11.9. The monoisotopic (exact) mass is 851 g/mol. The maximum absolute atomic E-state index is 11.9. The fourth-order valence-electron chi connectivity index (χ4n) is 6.96. The minimum Gasteiger partial charge on any atom is -0.394 e. The molecule has 0 bridgehead atoms. The minimum absolute atomic E-state index is 0.389. The van der Waals surface area contributed by atoms with Gasteiger partial charge in [-0.2, -0.15) is 0 Å². The van der Waals surface area contributed by atoms with Gasteiger partial charge in [-0.05, 0) is 38.5 Å². The van der Waals surface area contributed by atoms with Gasteiger partial charge in [0.15, 0.2) is 18.9 Å². The lowest BCUT2D eigenvalue weighted by molar-refractivity contribution is -0.379. The van der Waals surface area contributed by atoms with Crippen LogP contribution in [0.2, 0.25) is 0 Å². The number of hydrogen-bond acceptors (Lipinski definition) is 18. The fraction of sp³-hybridized carbons (Fsp3) is 0.825. The van der Waals surface area contributed by atoms with E-state index >= 15 is 0 Å². The SMILES string of the molecule is CCCCCCC/C=C/CC/C=C/CC/C=C/C(O)C(COC1OC(CO)C(OC2OC(CO)C(OC3OC(CO)C(O)C(O)C3O)C(O)C2O)C(O)C1O)NC(C)=O. The summed E-state index contributed by atoms with van der Waals surface area (Å²) in [5.74, 6) is -0.471. The highest BCUT2D eigenvalue weighted by atomic mass is 16.8. The van der Waals surface area contributed by atoms with E-state index in [0.29, 0.717) is 6.42 Å². The van der Waals surface area contributed by atoms with Gasteiger partial charge in [0.2, 0.25) is 5.91 Å². The van der Waals surface area contributed by atoms with Gasteiger partial charge in [0.1, 0.15) is 73.2 Å². The summed E-state index contributed by atoms with van der Waals surface area (Å²) in [6, 6.07) is -0.993. The number of aliphatic hydroxyl groups is 11. The van der Waals surface area contributed by atoms with Crippen LogP contribution in [0.5, 0.6) is 0 Å². The van der Waals surface area contributed by atoms with Gasteiger partial charge in [-0.1, -0.05) is 69.1 Å². The fourth-order valence-corrected chi connectivity index (χ4v) is 6.96. The van der Waals surface area contributed by atoms with Gasteiger partial charge >= 0.3 is 0 Å². The van der Waals surface area contributed by atoms with E-state index in [2.05, 4.69) is 36.5 Å². The highest BCUT2D eigenvalue weighted by Gasteiger charge is 2.53. The van der Waals surface area contributed by atoms with Crippen LogP contribution in [-0.4, -0.2) is 193 Å². The second-order valence-corrected chi connectivity index (χ2v) is 15.2. The number of ether oxygens (including phenoxy) is 6. The van der Waals surface area contributed by atoms with E-state index in [-0.39, 0.29) is 6.61 Å². The maximum atomic E-state index is 11.9. The van der Waals surface area contributed by atoms with Crippen molar-refractivity contribution < 1.29 is 89.4 Å². The zero-order valence-corrected chi connectivity index (χ0v) is 34.0. The summed E-state index contributed by atoms with van der Waals surface area (Å²) >= 11 is 0. The van der Waals surface area contributed by atoms with Gasteiger partial charge < -0.3 is 89.9 Å². The predicted molar refractivity (Wildman–Crippen MR) is 208 cm³/mol. The molecule has 0 radical (unpaired) electrons. The Morgan fingerprint density at radius 2 is 1.05 bits per heavy atom.